The van der Waals surface area contributed by atoms with E-state index in [4.69, 9.17) is 9.47 Å². The van der Waals surface area contributed by atoms with Crippen LogP contribution in [-0.2, 0) is 14.3 Å². The number of alkyl halides is 2. The first-order valence-corrected chi connectivity index (χ1v) is 8.18. The van der Waals surface area contributed by atoms with Gasteiger partial charge in [-0.05, 0) is 55.5 Å². The molecule has 148 valence electrons. The Morgan fingerprint density at radius 2 is 1.43 bits per heavy atom. The summed E-state index contributed by atoms with van der Waals surface area (Å²) in [5, 5.41) is 2.51. The summed E-state index contributed by atoms with van der Waals surface area (Å²) in [6.07, 6.45) is 0. The number of hydrogen-bond donors (Lipinski definition) is 1. The van der Waals surface area contributed by atoms with E-state index in [-0.39, 0.29) is 17.9 Å². The van der Waals surface area contributed by atoms with Crippen molar-refractivity contribution >= 4 is 23.5 Å². The van der Waals surface area contributed by atoms with Gasteiger partial charge in [-0.25, -0.2) is 9.59 Å². The number of esters is 2. The topological polar surface area (TPSA) is 90.9 Å². The van der Waals surface area contributed by atoms with Crippen LogP contribution >= 0.6 is 0 Å². The highest BCUT2D eigenvalue weighted by Gasteiger charge is 2.12. The Bertz CT molecular complexity index is 821. The van der Waals surface area contributed by atoms with Gasteiger partial charge in [-0.15, -0.1) is 0 Å². The molecule has 9 heteroatoms. The first-order valence-electron chi connectivity index (χ1n) is 8.18. The Balaban J connectivity index is 1.83. The van der Waals surface area contributed by atoms with Gasteiger partial charge in [-0.1, -0.05) is 0 Å². The highest BCUT2D eigenvalue weighted by molar-refractivity contribution is 5.96. The molecule has 1 N–H and O–H groups in total. The van der Waals surface area contributed by atoms with Gasteiger partial charge in [0.05, 0.1) is 17.7 Å². The summed E-state index contributed by atoms with van der Waals surface area (Å²) in [5.74, 6) is -1.96. The summed E-state index contributed by atoms with van der Waals surface area (Å²) in [5.41, 5.74) is 0.821. The lowest BCUT2D eigenvalue weighted by atomic mass is 10.2. The molecule has 7 nitrogen and oxygen atoms in total. The summed E-state index contributed by atoms with van der Waals surface area (Å²) < 4.78 is 38.1. The van der Waals surface area contributed by atoms with Gasteiger partial charge >= 0.3 is 18.6 Å². The molecule has 0 aliphatic heterocycles. The molecule has 0 bridgehead atoms. The lowest BCUT2D eigenvalue weighted by Crippen LogP contribution is -2.21. The normalized spacial score (nSPS) is 10.3. The highest BCUT2D eigenvalue weighted by atomic mass is 19.3. The second-order valence-corrected chi connectivity index (χ2v) is 5.33. The Morgan fingerprint density at radius 1 is 0.893 bits per heavy atom. The molecule has 0 heterocycles. The van der Waals surface area contributed by atoms with Crippen molar-refractivity contribution in [2.45, 2.75) is 13.5 Å². The van der Waals surface area contributed by atoms with Crippen LogP contribution in [0.1, 0.15) is 27.6 Å². The van der Waals surface area contributed by atoms with Crippen molar-refractivity contribution < 1.29 is 37.4 Å². The molecule has 1 amide bonds. The van der Waals surface area contributed by atoms with E-state index >= 15 is 0 Å². The number of hydrogen-bond acceptors (Lipinski definition) is 6. The van der Waals surface area contributed by atoms with Crippen molar-refractivity contribution in [3.63, 3.8) is 0 Å². The van der Waals surface area contributed by atoms with E-state index in [1.165, 1.54) is 48.5 Å². The van der Waals surface area contributed by atoms with Crippen LogP contribution in [0, 0.1) is 0 Å². The van der Waals surface area contributed by atoms with Gasteiger partial charge in [0.25, 0.3) is 5.91 Å². The second kappa shape index (κ2) is 10.0. The predicted molar refractivity (Wildman–Crippen MR) is 94.4 cm³/mol. The minimum absolute atomic E-state index is 0.0770. The third-order valence-electron chi connectivity index (χ3n) is 3.33. The average molecular weight is 393 g/mol. The third kappa shape index (κ3) is 6.35. The Hall–Kier alpha value is -3.49. The molecule has 2 rings (SSSR count). The first-order chi connectivity index (χ1) is 13.4. The van der Waals surface area contributed by atoms with Crippen LogP contribution in [0.15, 0.2) is 48.5 Å². The molecular weight excluding hydrogens is 376 g/mol. The molecule has 0 saturated heterocycles. The number of anilines is 1. The van der Waals surface area contributed by atoms with Crippen molar-refractivity contribution in [3.05, 3.63) is 59.7 Å². The number of ether oxygens (including phenoxy) is 3. The Morgan fingerprint density at radius 3 is 1.96 bits per heavy atom. The third-order valence-corrected chi connectivity index (χ3v) is 3.33. The van der Waals surface area contributed by atoms with Gasteiger partial charge in [0.1, 0.15) is 5.75 Å². The fourth-order valence-electron chi connectivity index (χ4n) is 2.09. The number of rotatable bonds is 8. The first kappa shape index (κ1) is 20.8. The molecule has 0 spiro atoms. The average Bonchev–Trinajstić information content (AvgIpc) is 2.67. The molecule has 28 heavy (non-hydrogen) atoms. The van der Waals surface area contributed by atoms with Crippen molar-refractivity contribution in [1.82, 2.24) is 0 Å². The van der Waals surface area contributed by atoms with Crippen LogP contribution in [0.3, 0.4) is 0 Å². The molecule has 0 atom stereocenters. The fourth-order valence-corrected chi connectivity index (χ4v) is 2.09. The van der Waals surface area contributed by atoms with E-state index in [0.717, 1.165) is 0 Å². The van der Waals surface area contributed by atoms with Crippen LogP contribution in [0.4, 0.5) is 14.5 Å². The van der Waals surface area contributed by atoms with Crippen LogP contribution < -0.4 is 10.1 Å². The predicted octanol–water partition coefficient (Wildman–Crippen LogP) is 3.26. The number of carbonyl (C=O) groups is 3. The SMILES string of the molecule is CCOC(=O)c1ccc(NC(=O)COC(=O)c2ccc(OC(F)F)cc2)cc1. The number of amides is 1. The zero-order chi connectivity index (χ0) is 20.5. The molecule has 0 radical (unpaired) electrons. The summed E-state index contributed by atoms with van der Waals surface area (Å²) in [7, 11) is 0. The van der Waals surface area contributed by atoms with Crippen LogP contribution in [0.25, 0.3) is 0 Å². The molecule has 0 aliphatic rings. The summed E-state index contributed by atoms with van der Waals surface area (Å²) in [4.78, 5) is 35.3. The number of nitrogens with one attached hydrogen (secondary N) is 1. The van der Waals surface area contributed by atoms with E-state index in [0.29, 0.717) is 11.3 Å². The van der Waals surface area contributed by atoms with Crippen molar-refractivity contribution in [2.75, 3.05) is 18.5 Å². The standard InChI is InChI=1S/C19H17F2NO6/c1-2-26-17(24)12-3-7-14(8-4-12)22-16(23)11-27-18(25)13-5-9-15(10-6-13)28-19(20)21/h3-10,19H,2,11H2,1H3,(H,22,23). The second-order valence-electron chi connectivity index (χ2n) is 5.33. The van der Waals surface area contributed by atoms with Gasteiger partial charge in [0.2, 0.25) is 0 Å². The zero-order valence-corrected chi connectivity index (χ0v) is 14.8. The van der Waals surface area contributed by atoms with Crippen LogP contribution in [0.2, 0.25) is 0 Å². The lowest BCUT2D eigenvalue weighted by Gasteiger charge is -2.08. The maximum absolute atomic E-state index is 12.1. The van der Waals surface area contributed by atoms with Crippen LogP contribution in [-0.4, -0.2) is 37.7 Å². The van der Waals surface area contributed by atoms with Gasteiger partial charge in [0.15, 0.2) is 6.61 Å². The molecule has 0 aliphatic carbocycles. The van der Waals surface area contributed by atoms with Gasteiger partial charge < -0.3 is 19.5 Å². The van der Waals surface area contributed by atoms with Gasteiger partial charge in [0, 0.05) is 5.69 Å². The number of halogens is 2. The number of carbonyl (C=O) groups excluding carboxylic acids is 3. The van der Waals surface area contributed by atoms with Gasteiger partial charge in [-0.3, -0.25) is 4.79 Å². The summed E-state index contributed by atoms with van der Waals surface area (Å²) >= 11 is 0. The summed E-state index contributed by atoms with van der Waals surface area (Å²) in [6, 6.07) is 10.9. The van der Waals surface area contributed by atoms with E-state index in [1.54, 1.807) is 6.92 Å². The molecule has 0 fully saturated rings. The molecule has 2 aromatic carbocycles. The minimum atomic E-state index is -2.96. The van der Waals surface area contributed by atoms with E-state index in [1.807, 2.05) is 0 Å². The zero-order valence-electron chi connectivity index (χ0n) is 14.8. The molecule has 0 aromatic heterocycles. The molecule has 0 unspecified atom stereocenters. The quantitative estimate of drug-likeness (QED) is 0.693. The van der Waals surface area contributed by atoms with Crippen molar-refractivity contribution in [3.8, 4) is 5.75 Å². The molecule has 0 saturated carbocycles. The highest BCUT2D eigenvalue weighted by Crippen LogP contribution is 2.15. The van der Waals surface area contributed by atoms with Crippen molar-refractivity contribution in [2.24, 2.45) is 0 Å². The summed E-state index contributed by atoms with van der Waals surface area (Å²) in [6.45, 7) is -1.56. The lowest BCUT2D eigenvalue weighted by molar-refractivity contribution is -0.119. The van der Waals surface area contributed by atoms with E-state index in [9.17, 15) is 23.2 Å². The van der Waals surface area contributed by atoms with Crippen LogP contribution in [0.5, 0.6) is 5.75 Å². The number of benzene rings is 2. The van der Waals surface area contributed by atoms with E-state index < -0.39 is 31.1 Å². The monoisotopic (exact) mass is 393 g/mol. The smallest absolute Gasteiger partial charge is 0.387 e. The minimum Gasteiger partial charge on any atom is -0.462 e. The molecular formula is C19H17F2NO6. The Labute approximate surface area is 159 Å². The van der Waals surface area contributed by atoms with Crippen molar-refractivity contribution in [1.29, 1.82) is 0 Å². The maximum Gasteiger partial charge on any atom is 0.387 e. The van der Waals surface area contributed by atoms with E-state index in [2.05, 4.69) is 10.1 Å². The Kier molecular flexibility index (Phi) is 7.44. The van der Waals surface area contributed by atoms with Gasteiger partial charge in [-0.2, -0.15) is 8.78 Å². The largest absolute Gasteiger partial charge is 0.462 e. The molecule has 2 aromatic rings. The fraction of sp³-hybridized carbons (Fsp3) is 0.211. The maximum atomic E-state index is 12.1.